The Bertz CT molecular complexity index is 587. The standard InChI is InChI=1S/C24H41N5.HI/c1-25-24(26-14-9-17-28-15-7-2-3-8-16-28)27-20-23-13-19-29(21-23)18-12-22-10-5-4-6-11-22;/h4-6,10-11,23H,2-3,7-9,12-21H2,1H3,(H2,25,26,27);1H. The van der Waals surface area contributed by atoms with E-state index in [9.17, 15) is 0 Å². The van der Waals surface area contributed by atoms with E-state index < -0.39 is 0 Å². The molecule has 3 rings (SSSR count). The molecule has 170 valence electrons. The van der Waals surface area contributed by atoms with Crippen LogP contribution >= 0.6 is 24.0 Å². The Hall–Kier alpha value is -0.860. The van der Waals surface area contributed by atoms with E-state index in [0.29, 0.717) is 0 Å². The summed E-state index contributed by atoms with van der Waals surface area (Å²) in [5.41, 5.74) is 1.44. The van der Waals surface area contributed by atoms with Crippen LogP contribution in [0.5, 0.6) is 0 Å². The molecule has 1 aromatic rings. The number of benzene rings is 1. The SMILES string of the molecule is CN=C(NCCCN1CCCCCC1)NCC1CCN(CCc2ccccc2)C1.I. The van der Waals surface area contributed by atoms with Crippen LogP contribution in [0.2, 0.25) is 0 Å². The van der Waals surface area contributed by atoms with E-state index in [1.807, 2.05) is 7.05 Å². The van der Waals surface area contributed by atoms with Crippen molar-refractivity contribution in [2.24, 2.45) is 10.9 Å². The topological polar surface area (TPSA) is 42.9 Å². The molecule has 0 amide bonds. The van der Waals surface area contributed by atoms with Crippen LogP contribution in [-0.4, -0.2) is 75.2 Å². The Morgan fingerprint density at radius 2 is 1.73 bits per heavy atom. The number of nitrogens with zero attached hydrogens (tertiary/aromatic N) is 3. The van der Waals surface area contributed by atoms with E-state index >= 15 is 0 Å². The summed E-state index contributed by atoms with van der Waals surface area (Å²) < 4.78 is 0. The average molecular weight is 528 g/mol. The zero-order valence-electron chi connectivity index (χ0n) is 18.8. The van der Waals surface area contributed by atoms with E-state index in [2.05, 4.69) is 55.8 Å². The van der Waals surface area contributed by atoms with Gasteiger partial charge in [0, 0.05) is 33.2 Å². The highest BCUT2D eigenvalue weighted by atomic mass is 127. The van der Waals surface area contributed by atoms with Gasteiger partial charge in [-0.3, -0.25) is 4.99 Å². The lowest BCUT2D eigenvalue weighted by atomic mass is 10.1. The molecule has 1 unspecified atom stereocenters. The smallest absolute Gasteiger partial charge is 0.190 e. The van der Waals surface area contributed by atoms with Crippen molar-refractivity contribution in [2.45, 2.75) is 44.9 Å². The molecular formula is C24H42IN5. The number of guanidine groups is 1. The van der Waals surface area contributed by atoms with E-state index in [1.54, 1.807) is 0 Å². The Kier molecular flexibility index (Phi) is 12.7. The molecule has 0 bridgehead atoms. The first kappa shape index (κ1) is 25.4. The van der Waals surface area contributed by atoms with Crippen LogP contribution in [0.25, 0.3) is 0 Å². The number of halogens is 1. The number of likely N-dealkylation sites (tertiary alicyclic amines) is 2. The van der Waals surface area contributed by atoms with Crippen molar-refractivity contribution in [1.82, 2.24) is 20.4 Å². The van der Waals surface area contributed by atoms with Crippen molar-refractivity contribution in [3.8, 4) is 0 Å². The Labute approximate surface area is 201 Å². The van der Waals surface area contributed by atoms with E-state index in [1.165, 1.54) is 83.4 Å². The molecule has 2 fully saturated rings. The highest BCUT2D eigenvalue weighted by Crippen LogP contribution is 2.16. The molecule has 6 heteroatoms. The lowest BCUT2D eigenvalue weighted by molar-refractivity contribution is 0.282. The summed E-state index contributed by atoms with van der Waals surface area (Å²) in [6.07, 6.45) is 9.21. The molecule has 2 saturated heterocycles. The van der Waals surface area contributed by atoms with Crippen molar-refractivity contribution in [1.29, 1.82) is 0 Å². The van der Waals surface area contributed by atoms with Crippen molar-refractivity contribution in [3.05, 3.63) is 35.9 Å². The molecule has 1 aromatic carbocycles. The first-order chi connectivity index (χ1) is 14.3. The summed E-state index contributed by atoms with van der Waals surface area (Å²) in [6, 6.07) is 10.8. The van der Waals surface area contributed by atoms with Crippen LogP contribution in [0.15, 0.2) is 35.3 Å². The molecule has 0 spiro atoms. The monoisotopic (exact) mass is 527 g/mol. The van der Waals surface area contributed by atoms with Crippen molar-refractivity contribution in [2.75, 3.05) is 59.4 Å². The maximum Gasteiger partial charge on any atom is 0.190 e. The zero-order valence-corrected chi connectivity index (χ0v) is 21.2. The third-order valence-corrected chi connectivity index (χ3v) is 6.35. The second kappa shape index (κ2) is 15.0. The second-order valence-corrected chi connectivity index (χ2v) is 8.68. The van der Waals surface area contributed by atoms with Crippen LogP contribution in [0.1, 0.15) is 44.1 Å². The molecule has 2 aliphatic heterocycles. The predicted octanol–water partition coefficient (Wildman–Crippen LogP) is 3.60. The predicted molar refractivity (Wildman–Crippen MR) is 139 cm³/mol. The normalized spacial score (nSPS) is 21.1. The van der Waals surface area contributed by atoms with Gasteiger partial charge in [0.05, 0.1) is 0 Å². The Balaban J connectivity index is 0.00000320. The number of hydrogen-bond donors (Lipinski definition) is 2. The van der Waals surface area contributed by atoms with Gasteiger partial charge < -0.3 is 20.4 Å². The summed E-state index contributed by atoms with van der Waals surface area (Å²) in [4.78, 5) is 9.65. The van der Waals surface area contributed by atoms with E-state index in [4.69, 9.17) is 0 Å². The van der Waals surface area contributed by atoms with Gasteiger partial charge in [0.25, 0.3) is 0 Å². The van der Waals surface area contributed by atoms with Crippen LogP contribution in [0.4, 0.5) is 0 Å². The Morgan fingerprint density at radius 1 is 0.967 bits per heavy atom. The molecule has 0 aliphatic carbocycles. The quantitative estimate of drug-likeness (QED) is 0.223. The highest BCUT2D eigenvalue weighted by Gasteiger charge is 2.22. The molecule has 0 radical (unpaired) electrons. The second-order valence-electron chi connectivity index (χ2n) is 8.68. The maximum atomic E-state index is 4.41. The van der Waals surface area contributed by atoms with Gasteiger partial charge in [0.15, 0.2) is 5.96 Å². The number of aliphatic imine (C=N–C) groups is 1. The largest absolute Gasteiger partial charge is 0.356 e. The lowest BCUT2D eigenvalue weighted by Gasteiger charge is -2.20. The van der Waals surface area contributed by atoms with Crippen molar-refractivity contribution in [3.63, 3.8) is 0 Å². The minimum Gasteiger partial charge on any atom is -0.356 e. The number of hydrogen-bond acceptors (Lipinski definition) is 3. The first-order valence-electron chi connectivity index (χ1n) is 11.8. The summed E-state index contributed by atoms with van der Waals surface area (Å²) in [5.74, 6) is 1.69. The molecule has 1 atom stereocenters. The van der Waals surface area contributed by atoms with Gasteiger partial charge in [-0.2, -0.15) is 0 Å². The van der Waals surface area contributed by atoms with Gasteiger partial charge in [-0.15, -0.1) is 24.0 Å². The van der Waals surface area contributed by atoms with E-state index in [0.717, 1.165) is 31.4 Å². The average Bonchev–Trinajstić information content (AvgIpc) is 3.06. The molecular weight excluding hydrogens is 485 g/mol. The summed E-state index contributed by atoms with van der Waals surface area (Å²) in [7, 11) is 1.88. The fraction of sp³-hybridized carbons (Fsp3) is 0.708. The van der Waals surface area contributed by atoms with Crippen LogP contribution in [0, 0.1) is 5.92 Å². The van der Waals surface area contributed by atoms with Crippen LogP contribution in [-0.2, 0) is 6.42 Å². The van der Waals surface area contributed by atoms with Gasteiger partial charge in [0.2, 0.25) is 0 Å². The molecule has 30 heavy (non-hydrogen) atoms. The molecule has 5 nitrogen and oxygen atoms in total. The number of rotatable bonds is 9. The zero-order chi connectivity index (χ0) is 20.2. The first-order valence-corrected chi connectivity index (χ1v) is 11.8. The lowest BCUT2D eigenvalue weighted by Crippen LogP contribution is -2.41. The summed E-state index contributed by atoms with van der Waals surface area (Å²) in [5, 5.41) is 7.06. The van der Waals surface area contributed by atoms with Crippen molar-refractivity contribution >= 4 is 29.9 Å². The Morgan fingerprint density at radius 3 is 2.47 bits per heavy atom. The third kappa shape index (κ3) is 9.52. The van der Waals surface area contributed by atoms with Gasteiger partial charge in [-0.25, -0.2) is 0 Å². The number of nitrogens with one attached hydrogen (secondary N) is 2. The minimum atomic E-state index is 0. The third-order valence-electron chi connectivity index (χ3n) is 6.35. The van der Waals surface area contributed by atoms with Gasteiger partial charge in [-0.1, -0.05) is 43.2 Å². The fourth-order valence-corrected chi connectivity index (χ4v) is 4.55. The summed E-state index contributed by atoms with van der Waals surface area (Å²) in [6.45, 7) is 9.41. The molecule has 0 saturated carbocycles. The fourth-order valence-electron chi connectivity index (χ4n) is 4.55. The minimum absolute atomic E-state index is 0. The van der Waals surface area contributed by atoms with Crippen molar-refractivity contribution < 1.29 is 0 Å². The van der Waals surface area contributed by atoms with Gasteiger partial charge in [-0.05, 0) is 69.8 Å². The highest BCUT2D eigenvalue weighted by molar-refractivity contribution is 14.0. The van der Waals surface area contributed by atoms with E-state index in [-0.39, 0.29) is 24.0 Å². The summed E-state index contributed by atoms with van der Waals surface area (Å²) >= 11 is 0. The van der Waals surface area contributed by atoms with Gasteiger partial charge in [0.1, 0.15) is 0 Å². The van der Waals surface area contributed by atoms with Crippen LogP contribution < -0.4 is 10.6 Å². The molecule has 2 heterocycles. The molecule has 2 aliphatic rings. The molecule has 2 N–H and O–H groups in total. The molecule has 0 aromatic heterocycles. The maximum absolute atomic E-state index is 4.41. The van der Waals surface area contributed by atoms with Gasteiger partial charge >= 0.3 is 0 Å². The van der Waals surface area contributed by atoms with Crippen LogP contribution in [0.3, 0.4) is 0 Å².